The minimum absolute atomic E-state index is 0.215. The summed E-state index contributed by atoms with van der Waals surface area (Å²) >= 11 is 2.66. The van der Waals surface area contributed by atoms with E-state index in [9.17, 15) is 18.0 Å². The lowest BCUT2D eigenvalue weighted by molar-refractivity contribution is -0.137. The fraction of sp³-hybridized carbons (Fsp3) is 0.280. The number of carbonyl (C=O) groups is 1. The van der Waals surface area contributed by atoms with Crippen molar-refractivity contribution in [1.82, 2.24) is 25.1 Å². The second-order valence-corrected chi connectivity index (χ2v) is 9.85. The van der Waals surface area contributed by atoms with E-state index < -0.39 is 11.7 Å². The lowest BCUT2D eigenvalue weighted by Crippen LogP contribution is -2.24. The van der Waals surface area contributed by atoms with Crippen molar-refractivity contribution in [2.45, 2.75) is 43.3 Å². The van der Waals surface area contributed by atoms with Gasteiger partial charge in [0.2, 0.25) is 0 Å². The van der Waals surface area contributed by atoms with Gasteiger partial charge in [-0.25, -0.2) is 4.98 Å². The number of nitrogens with one attached hydrogen (secondary N) is 1. The largest absolute Gasteiger partial charge is 0.416 e. The number of unbranched alkanes of at least 4 members (excludes halogenated alkanes) is 1. The summed E-state index contributed by atoms with van der Waals surface area (Å²) in [7, 11) is 0. The molecule has 0 aliphatic heterocycles. The summed E-state index contributed by atoms with van der Waals surface area (Å²) < 4.78 is 41.9. The molecule has 2 heterocycles. The van der Waals surface area contributed by atoms with Crippen LogP contribution in [0.2, 0.25) is 0 Å². The van der Waals surface area contributed by atoms with Gasteiger partial charge in [0.25, 0.3) is 5.91 Å². The van der Waals surface area contributed by atoms with Gasteiger partial charge in [0.05, 0.1) is 17.0 Å². The van der Waals surface area contributed by atoms with Crippen molar-refractivity contribution >= 4 is 29.0 Å². The van der Waals surface area contributed by atoms with Crippen molar-refractivity contribution in [3.63, 3.8) is 0 Å². The zero-order valence-electron chi connectivity index (χ0n) is 19.5. The third-order valence-electron chi connectivity index (χ3n) is 5.26. The standard InChI is InChI=1S/C25H24F3N5OS2/c1-2-3-12-29-23(34)20-15-35-22(30-20)16-36-24-32-31-21(13-17-8-5-4-6-9-17)33(24)19-11-7-10-18(14-19)25(26,27)28/h4-11,14-15H,2-3,12-13,16H2,1H3,(H,29,34). The van der Waals surface area contributed by atoms with Crippen molar-refractivity contribution in [2.24, 2.45) is 0 Å². The van der Waals surface area contributed by atoms with Gasteiger partial charge in [0.1, 0.15) is 16.5 Å². The second kappa shape index (κ2) is 11.7. The van der Waals surface area contributed by atoms with Crippen LogP contribution in [0.5, 0.6) is 0 Å². The van der Waals surface area contributed by atoms with Crippen LogP contribution in [0.25, 0.3) is 5.69 Å². The van der Waals surface area contributed by atoms with E-state index in [1.54, 1.807) is 16.0 Å². The minimum Gasteiger partial charge on any atom is -0.351 e. The lowest BCUT2D eigenvalue weighted by Gasteiger charge is -2.13. The zero-order valence-corrected chi connectivity index (χ0v) is 21.1. The SMILES string of the molecule is CCCCNC(=O)c1csc(CSc2nnc(Cc3ccccc3)n2-c2cccc(C(F)(F)F)c2)n1. The van der Waals surface area contributed by atoms with E-state index in [1.807, 2.05) is 37.3 Å². The lowest BCUT2D eigenvalue weighted by atomic mass is 10.1. The molecule has 36 heavy (non-hydrogen) atoms. The molecule has 0 fully saturated rings. The van der Waals surface area contributed by atoms with E-state index in [2.05, 4.69) is 20.5 Å². The van der Waals surface area contributed by atoms with Crippen LogP contribution in [0, 0.1) is 0 Å². The molecule has 0 unspecified atom stereocenters. The molecule has 0 spiro atoms. The number of nitrogens with zero attached hydrogens (tertiary/aromatic N) is 4. The number of amides is 1. The maximum absolute atomic E-state index is 13.4. The summed E-state index contributed by atoms with van der Waals surface area (Å²) in [6, 6.07) is 14.7. The molecule has 0 radical (unpaired) electrons. The number of hydrogen-bond donors (Lipinski definition) is 1. The summed E-state index contributed by atoms with van der Waals surface area (Å²) in [5, 5.41) is 14.3. The van der Waals surface area contributed by atoms with Gasteiger partial charge in [-0.15, -0.1) is 21.5 Å². The second-order valence-electron chi connectivity index (χ2n) is 7.97. The van der Waals surface area contributed by atoms with Crippen molar-refractivity contribution in [1.29, 1.82) is 0 Å². The van der Waals surface area contributed by atoms with Gasteiger partial charge in [-0.1, -0.05) is 61.5 Å². The molecule has 0 aliphatic rings. The van der Waals surface area contributed by atoms with E-state index >= 15 is 0 Å². The molecule has 0 saturated carbocycles. The van der Waals surface area contributed by atoms with Gasteiger partial charge >= 0.3 is 6.18 Å². The first-order valence-electron chi connectivity index (χ1n) is 11.4. The van der Waals surface area contributed by atoms with E-state index in [-0.39, 0.29) is 5.91 Å². The number of aromatic nitrogens is 4. The zero-order chi connectivity index (χ0) is 25.5. The number of thiazole rings is 1. The highest BCUT2D eigenvalue weighted by atomic mass is 32.2. The van der Waals surface area contributed by atoms with Crippen molar-refractivity contribution < 1.29 is 18.0 Å². The molecule has 1 amide bonds. The highest BCUT2D eigenvalue weighted by molar-refractivity contribution is 7.98. The van der Waals surface area contributed by atoms with Crippen LogP contribution in [0.15, 0.2) is 65.1 Å². The van der Waals surface area contributed by atoms with Gasteiger partial charge < -0.3 is 5.32 Å². The molecule has 0 atom stereocenters. The Morgan fingerprint density at radius 2 is 1.92 bits per heavy atom. The highest BCUT2D eigenvalue weighted by Crippen LogP contribution is 2.32. The van der Waals surface area contributed by atoms with Crippen LogP contribution in [-0.2, 0) is 18.3 Å². The Morgan fingerprint density at radius 3 is 2.67 bits per heavy atom. The molecular weight excluding hydrogens is 507 g/mol. The predicted octanol–water partition coefficient (Wildman–Crippen LogP) is 6.16. The number of rotatable bonds is 10. The summed E-state index contributed by atoms with van der Waals surface area (Å²) in [6.07, 6.45) is -2.18. The maximum atomic E-state index is 13.4. The smallest absolute Gasteiger partial charge is 0.351 e. The number of benzene rings is 2. The van der Waals surface area contributed by atoms with Gasteiger partial charge in [0, 0.05) is 18.3 Å². The van der Waals surface area contributed by atoms with E-state index in [4.69, 9.17) is 0 Å². The molecule has 4 rings (SSSR count). The van der Waals surface area contributed by atoms with Crippen molar-refractivity contribution in [3.05, 3.63) is 87.6 Å². The quantitative estimate of drug-likeness (QED) is 0.196. The number of halogens is 3. The molecule has 11 heteroatoms. The monoisotopic (exact) mass is 531 g/mol. The summed E-state index contributed by atoms with van der Waals surface area (Å²) in [6.45, 7) is 2.65. The van der Waals surface area contributed by atoms with E-state index in [0.29, 0.717) is 46.1 Å². The normalized spacial score (nSPS) is 11.6. The Labute approximate surface area is 215 Å². The van der Waals surface area contributed by atoms with E-state index in [1.165, 1.54) is 29.2 Å². The number of thioether (sulfide) groups is 1. The summed E-state index contributed by atoms with van der Waals surface area (Å²) in [5.74, 6) is 0.710. The average Bonchev–Trinajstić information content (AvgIpc) is 3.50. The first-order valence-corrected chi connectivity index (χ1v) is 13.2. The summed E-state index contributed by atoms with van der Waals surface area (Å²) in [5.41, 5.74) is 0.913. The number of alkyl halides is 3. The fourth-order valence-corrected chi connectivity index (χ4v) is 5.21. The Bertz CT molecular complexity index is 1300. The van der Waals surface area contributed by atoms with Gasteiger partial charge in [-0.3, -0.25) is 9.36 Å². The van der Waals surface area contributed by atoms with Crippen LogP contribution in [0.1, 0.15) is 52.2 Å². The molecule has 0 aliphatic carbocycles. The average molecular weight is 532 g/mol. The third kappa shape index (κ3) is 6.52. The Kier molecular flexibility index (Phi) is 8.42. The van der Waals surface area contributed by atoms with Crippen LogP contribution in [0.3, 0.4) is 0 Å². The Balaban J connectivity index is 1.58. The Morgan fingerprint density at radius 1 is 1.11 bits per heavy atom. The van der Waals surface area contributed by atoms with Crippen LogP contribution >= 0.6 is 23.1 Å². The topological polar surface area (TPSA) is 72.7 Å². The Hall–Kier alpha value is -3.18. The first kappa shape index (κ1) is 25.9. The first-order chi connectivity index (χ1) is 17.3. The maximum Gasteiger partial charge on any atom is 0.416 e. The van der Waals surface area contributed by atoms with Crippen LogP contribution < -0.4 is 5.32 Å². The molecule has 6 nitrogen and oxygen atoms in total. The molecule has 2 aromatic heterocycles. The highest BCUT2D eigenvalue weighted by Gasteiger charge is 2.31. The van der Waals surface area contributed by atoms with Gasteiger partial charge in [-0.2, -0.15) is 13.2 Å². The van der Waals surface area contributed by atoms with Gasteiger partial charge in [0.15, 0.2) is 5.16 Å². The molecule has 0 bridgehead atoms. The fourth-order valence-electron chi connectivity index (χ4n) is 3.44. The molecule has 2 aromatic carbocycles. The molecule has 4 aromatic rings. The number of hydrogen-bond acceptors (Lipinski definition) is 6. The van der Waals surface area contributed by atoms with Crippen LogP contribution in [0.4, 0.5) is 13.2 Å². The van der Waals surface area contributed by atoms with Crippen molar-refractivity contribution in [3.8, 4) is 5.69 Å². The van der Waals surface area contributed by atoms with Gasteiger partial charge in [-0.05, 0) is 30.2 Å². The van der Waals surface area contributed by atoms with Crippen LogP contribution in [-0.4, -0.2) is 32.2 Å². The molecular formula is C25H24F3N5OS2. The van der Waals surface area contributed by atoms with Crippen molar-refractivity contribution in [2.75, 3.05) is 6.54 Å². The van der Waals surface area contributed by atoms with E-state index in [0.717, 1.165) is 30.5 Å². The predicted molar refractivity (Wildman–Crippen MR) is 135 cm³/mol. The number of carbonyl (C=O) groups excluding carboxylic acids is 1. The summed E-state index contributed by atoms with van der Waals surface area (Å²) in [4.78, 5) is 16.7. The third-order valence-corrected chi connectivity index (χ3v) is 7.23. The molecule has 188 valence electrons. The molecule has 1 N–H and O–H groups in total. The molecule has 0 saturated heterocycles. The minimum atomic E-state index is -4.47.